The number of aromatic nitrogens is 2. The minimum absolute atomic E-state index is 0.0374. The summed E-state index contributed by atoms with van der Waals surface area (Å²) in [6.45, 7) is 0. The molecule has 6 nitrogen and oxygen atoms in total. The first-order chi connectivity index (χ1) is 8.40. The second kappa shape index (κ2) is 4.26. The molecule has 4 N–H and O–H groups in total. The minimum Gasteiger partial charge on any atom is -0.394 e. The van der Waals surface area contributed by atoms with Crippen molar-refractivity contribution in [1.29, 1.82) is 0 Å². The molecule has 9 heteroatoms. The molecule has 0 saturated heterocycles. The maximum atomic E-state index is 13.4. The third-order valence-corrected chi connectivity index (χ3v) is 3.45. The molecule has 2 rings (SSSR count). The molecule has 96 valence electrons. The molecule has 0 fully saturated rings. The number of halogens is 2. The summed E-state index contributed by atoms with van der Waals surface area (Å²) in [5.74, 6) is -2.05. The molecule has 2 aromatic rings. The van der Waals surface area contributed by atoms with Gasteiger partial charge in [-0.25, -0.2) is 17.2 Å². The molecular formula is C9H8F2N4O2S. The van der Waals surface area contributed by atoms with Gasteiger partial charge in [0.05, 0.1) is 11.9 Å². The average Bonchev–Trinajstić information content (AvgIpc) is 2.67. The highest BCUT2D eigenvalue weighted by Gasteiger charge is 2.21. The van der Waals surface area contributed by atoms with Crippen molar-refractivity contribution in [2.45, 2.75) is 4.90 Å². The van der Waals surface area contributed by atoms with Crippen LogP contribution in [0.15, 0.2) is 29.3 Å². The molecule has 1 aromatic heterocycles. The lowest BCUT2D eigenvalue weighted by molar-refractivity contribution is 0.555. The Labute approximate surface area is 101 Å². The molecule has 0 saturated carbocycles. The topological polar surface area (TPSA) is 101 Å². The van der Waals surface area contributed by atoms with E-state index in [-0.39, 0.29) is 11.5 Å². The number of nitrogens with two attached hydrogens (primary N) is 1. The van der Waals surface area contributed by atoms with Gasteiger partial charge in [0.2, 0.25) is 0 Å². The van der Waals surface area contributed by atoms with Crippen LogP contribution in [0.4, 0.5) is 20.3 Å². The number of nitrogens with one attached hydrogen (secondary N) is 2. The van der Waals surface area contributed by atoms with Crippen molar-refractivity contribution in [2.75, 3.05) is 10.5 Å². The van der Waals surface area contributed by atoms with Crippen molar-refractivity contribution >= 4 is 21.5 Å². The quantitative estimate of drug-likeness (QED) is 0.779. The molecule has 0 spiro atoms. The lowest BCUT2D eigenvalue weighted by Gasteiger charge is -2.07. The van der Waals surface area contributed by atoms with E-state index in [0.717, 1.165) is 12.1 Å². The Morgan fingerprint density at radius 2 is 2.06 bits per heavy atom. The number of hydrogen-bond donors (Lipinski definition) is 3. The highest BCUT2D eigenvalue weighted by atomic mass is 32.2. The van der Waals surface area contributed by atoms with Gasteiger partial charge in [0.1, 0.15) is 16.5 Å². The third kappa shape index (κ3) is 2.25. The van der Waals surface area contributed by atoms with Crippen molar-refractivity contribution in [3.05, 3.63) is 36.0 Å². The van der Waals surface area contributed by atoms with Gasteiger partial charge < -0.3 is 5.73 Å². The van der Waals surface area contributed by atoms with Gasteiger partial charge in [0.15, 0.2) is 5.82 Å². The van der Waals surface area contributed by atoms with Crippen LogP contribution in [0.3, 0.4) is 0 Å². The smallest absolute Gasteiger partial charge is 0.266 e. The number of hydrogen-bond acceptors (Lipinski definition) is 4. The van der Waals surface area contributed by atoms with E-state index in [1.807, 2.05) is 4.72 Å². The monoisotopic (exact) mass is 274 g/mol. The van der Waals surface area contributed by atoms with E-state index in [2.05, 4.69) is 10.2 Å². The first kappa shape index (κ1) is 12.3. The van der Waals surface area contributed by atoms with Gasteiger partial charge in [-0.3, -0.25) is 9.82 Å². The van der Waals surface area contributed by atoms with Crippen LogP contribution in [0.25, 0.3) is 0 Å². The van der Waals surface area contributed by atoms with E-state index in [9.17, 15) is 17.2 Å². The molecule has 18 heavy (non-hydrogen) atoms. The largest absolute Gasteiger partial charge is 0.394 e. The third-order valence-electron chi connectivity index (χ3n) is 2.09. The van der Waals surface area contributed by atoms with Crippen LogP contribution in [-0.4, -0.2) is 18.6 Å². The molecule has 0 radical (unpaired) electrons. The summed E-state index contributed by atoms with van der Waals surface area (Å²) in [5, 5.41) is 5.78. The fraction of sp³-hybridized carbons (Fsp3) is 0. The molecule has 0 aliphatic carbocycles. The first-order valence-electron chi connectivity index (χ1n) is 4.67. The van der Waals surface area contributed by atoms with Crippen LogP contribution in [0.5, 0.6) is 0 Å². The summed E-state index contributed by atoms with van der Waals surface area (Å²) in [6, 6.07) is 2.11. The number of rotatable bonds is 3. The predicted octanol–water partition coefficient (Wildman–Crippen LogP) is 1.07. The van der Waals surface area contributed by atoms with E-state index < -0.39 is 26.6 Å². The minimum atomic E-state index is -4.28. The standard InChI is InChI=1S/C9H8F2N4O2S/c10-5-1-2-6(11)8(3-5)18(16,17)15-9-7(12)4-13-14-9/h1-4H,12H2,(H2,13,14,15). The van der Waals surface area contributed by atoms with Gasteiger partial charge in [-0.2, -0.15) is 5.10 Å². The van der Waals surface area contributed by atoms with Crippen molar-refractivity contribution in [3.8, 4) is 0 Å². The van der Waals surface area contributed by atoms with Crippen LogP contribution in [0, 0.1) is 11.6 Å². The van der Waals surface area contributed by atoms with Gasteiger partial charge in [-0.05, 0) is 18.2 Å². The maximum Gasteiger partial charge on any atom is 0.266 e. The molecule has 0 aliphatic rings. The van der Waals surface area contributed by atoms with Gasteiger partial charge in [0.25, 0.3) is 10.0 Å². The van der Waals surface area contributed by atoms with Crippen LogP contribution < -0.4 is 10.5 Å². The number of nitrogens with zero attached hydrogens (tertiary/aromatic N) is 1. The SMILES string of the molecule is Nc1cn[nH]c1NS(=O)(=O)c1cc(F)ccc1F. The normalized spacial score (nSPS) is 11.4. The van der Waals surface area contributed by atoms with E-state index in [1.165, 1.54) is 6.20 Å². The first-order valence-corrected chi connectivity index (χ1v) is 6.15. The van der Waals surface area contributed by atoms with Crippen molar-refractivity contribution in [1.82, 2.24) is 10.2 Å². The van der Waals surface area contributed by atoms with E-state index in [1.54, 1.807) is 0 Å². The summed E-state index contributed by atoms with van der Waals surface area (Å²) in [5.41, 5.74) is 5.44. The van der Waals surface area contributed by atoms with Gasteiger partial charge >= 0.3 is 0 Å². The maximum absolute atomic E-state index is 13.4. The summed E-state index contributed by atoms with van der Waals surface area (Å²) >= 11 is 0. The second-order valence-corrected chi connectivity index (χ2v) is 5.03. The highest BCUT2D eigenvalue weighted by molar-refractivity contribution is 7.92. The summed E-state index contributed by atoms with van der Waals surface area (Å²) < 4.78 is 51.9. The Morgan fingerprint density at radius 3 is 2.67 bits per heavy atom. The molecule has 0 amide bonds. The van der Waals surface area contributed by atoms with Crippen LogP contribution in [0.2, 0.25) is 0 Å². The zero-order valence-electron chi connectivity index (χ0n) is 8.81. The molecular weight excluding hydrogens is 266 g/mol. The summed E-state index contributed by atoms with van der Waals surface area (Å²) in [7, 11) is -4.28. The Balaban J connectivity index is 2.43. The molecule has 1 aromatic carbocycles. The van der Waals surface area contributed by atoms with Crippen LogP contribution in [-0.2, 0) is 10.0 Å². The Kier molecular flexibility index (Phi) is 2.91. The number of aromatic amines is 1. The van der Waals surface area contributed by atoms with E-state index in [0.29, 0.717) is 6.07 Å². The van der Waals surface area contributed by atoms with Gasteiger partial charge in [-0.1, -0.05) is 0 Å². The number of H-pyrrole nitrogens is 1. The fourth-order valence-corrected chi connectivity index (χ4v) is 2.38. The highest BCUT2D eigenvalue weighted by Crippen LogP contribution is 2.21. The van der Waals surface area contributed by atoms with Crippen LogP contribution >= 0.6 is 0 Å². The number of anilines is 2. The fourth-order valence-electron chi connectivity index (χ4n) is 1.25. The zero-order chi connectivity index (χ0) is 13.3. The number of nitrogen functional groups attached to an aromatic ring is 1. The van der Waals surface area contributed by atoms with Gasteiger partial charge in [-0.15, -0.1) is 0 Å². The van der Waals surface area contributed by atoms with E-state index >= 15 is 0 Å². The van der Waals surface area contributed by atoms with Gasteiger partial charge in [0, 0.05) is 0 Å². The summed E-state index contributed by atoms with van der Waals surface area (Å²) in [4.78, 5) is -0.809. The van der Waals surface area contributed by atoms with Crippen molar-refractivity contribution in [2.24, 2.45) is 0 Å². The molecule has 0 unspecified atom stereocenters. The number of benzene rings is 1. The average molecular weight is 274 g/mol. The molecule has 0 atom stereocenters. The summed E-state index contributed by atoms with van der Waals surface area (Å²) in [6.07, 6.45) is 1.18. The zero-order valence-corrected chi connectivity index (χ0v) is 9.63. The molecule has 0 bridgehead atoms. The Hall–Kier alpha value is -2.16. The Bertz CT molecular complexity index is 684. The lowest BCUT2D eigenvalue weighted by Crippen LogP contribution is -2.16. The molecule has 1 heterocycles. The lowest BCUT2D eigenvalue weighted by atomic mass is 10.3. The van der Waals surface area contributed by atoms with Crippen LogP contribution in [0.1, 0.15) is 0 Å². The second-order valence-electron chi connectivity index (χ2n) is 3.38. The van der Waals surface area contributed by atoms with Crippen molar-refractivity contribution < 1.29 is 17.2 Å². The predicted molar refractivity (Wildman–Crippen MR) is 60.2 cm³/mol. The number of sulfonamides is 1. The molecule has 0 aliphatic heterocycles. The Morgan fingerprint density at radius 1 is 1.33 bits per heavy atom. The van der Waals surface area contributed by atoms with Crippen molar-refractivity contribution in [3.63, 3.8) is 0 Å². The van der Waals surface area contributed by atoms with E-state index in [4.69, 9.17) is 5.73 Å².